The van der Waals surface area contributed by atoms with Crippen molar-refractivity contribution in [3.63, 3.8) is 0 Å². The summed E-state index contributed by atoms with van der Waals surface area (Å²) in [5.41, 5.74) is 0. The minimum absolute atomic E-state index is 0.381. The summed E-state index contributed by atoms with van der Waals surface area (Å²) >= 11 is 0. The van der Waals surface area contributed by atoms with E-state index in [2.05, 4.69) is 24.1 Å². The van der Waals surface area contributed by atoms with Gasteiger partial charge in [0.1, 0.15) is 0 Å². The highest BCUT2D eigenvalue weighted by Gasteiger charge is 2.39. The van der Waals surface area contributed by atoms with Crippen LogP contribution in [0.4, 0.5) is 0 Å². The molecule has 112 valence electrons. The topological polar surface area (TPSA) is 44.7 Å². The second kappa shape index (κ2) is 7.02. The number of methoxy groups -OCH3 is 1. The molecule has 0 spiro atoms. The number of nitrogens with one attached hydrogen (secondary N) is 1. The van der Waals surface area contributed by atoms with Gasteiger partial charge in [0.2, 0.25) is 0 Å². The minimum Gasteiger partial charge on any atom is -0.389 e. The molecule has 4 nitrogen and oxygen atoms in total. The first kappa shape index (κ1) is 15.2. The molecule has 1 aliphatic heterocycles. The summed E-state index contributed by atoms with van der Waals surface area (Å²) in [5.74, 6) is 1.51. The van der Waals surface area contributed by atoms with Crippen LogP contribution in [-0.2, 0) is 4.74 Å². The third-order valence-electron chi connectivity index (χ3n) is 4.78. The number of hydrogen-bond acceptors (Lipinski definition) is 4. The highest BCUT2D eigenvalue weighted by atomic mass is 16.5. The molecule has 2 fully saturated rings. The fourth-order valence-electron chi connectivity index (χ4n) is 3.75. The molecule has 2 aliphatic rings. The van der Waals surface area contributed by atoms with Gasteiger partial charge in [-0.25, -0.2) is 0 Å². The van der Waals surface area contributed by atoms with Crippen molar-refractivity contribution in [1.29, 1.82) is 0 Å². The molecule has 0 aromatic carbocycles. The number of aliphatic hydroxyl groups is 1. The van der Waals surface area contributed by atoms with Crippen molar-refractivity contribution in [3.8, 4) is 0 Å². The Bertz CT molecular complexity index is 259. The van der Waals surface area contributed by atoms with E-state index in [0.717, 1.165) is 11.8 Å². The third-order valence-corrected chi connectivity index (χ3v) is 4.78. The average Bonchev–Trinajstić information content (AvgIpc) is 2.35. The first-order chi connectivity index (χ1) is 9.11. The number of fused-ring (bicyclic) bond motifs is 2. The predicted molar refractivity (Wildman–Crippen MR) is 77.2 cm³/mol. The van der Waals surface area contributed by atoms with E-state index in [1.807, 2.05) is 0 Å². The maximum atomic E-state index is 9.79. The third kappa shape index (κ3) is 3.91. The van der Waals surface area contributed by atoms with Gasteiger partial charge in [-0.05, 0) is 38.5 Å². The van der Waals surface area contributed by atoms with E-state index in [-0.39, 0.29) is 6.10 Å². The van der Waals surface area contributed by atoms with Crippen LogP contribution in [0.1, 0.15) is 33.1 Å². The van der Waals surface area contributed by atoms with Crippen molar-refractivity contribution in [2.75, 3.05) is 33.4 Å². The van der Waals surface area contributed by atoms with E-state index in [0.29, 0.717) is 25.2 Å². The fraction of sp³-hybridized carbons (Fsp3) is 1.00. The summed E-state index contributed by atoms with van der Waals surface area (Å²) in [7, 11) is 1.64. The lowest BCUT2D eigenvalue weighted by atomic mass is 9.73. The summed E-state index contributed by atoms with van der Waals surface area (Å²) in [5, 5.41) is 13.4. The monoisotopic (exact) mass is 270 g/mol. The zero-order valence-corrected chi connectivity index (χ0v) is 12.6. The molecule has 3 unspecified atom stereocenters. The lowest BCUT2D eigenvalue weighted by Crippen LogP contribution is -2.59. The number of piperidine rings is 1. The van der Waals surface area contributed by atoms with Crippen molar-refractivity contribution < 1.29 is 9.84 Å². The van der Waals surface area contributed by atoms with Gasteiger partial charge in [-0.2, -0.15) is 0 Å². The molecule has 0 aromatic rings. The molecule has 3 atom stereocenters. The molecule has 0 radical (unpaired) electrons. The number of rotatable bonds is 6. The predicted octanol–water partition coefficient (Wildman–Crippen LogP) is 1.09. The van der Waals surface area contributed by atoms with Crippen LogP contribution in [-0.4, -0.2) is 61.5 Å². The van der Waals surface area contributed by atoms with Gasteiger partial charge in [-0.15, -0.1) is 0 Å². The van der Waals surface area contributed by atoms with Gasteiger partial charge in [-0.3, -0.25) is 0 Å². The van der Waals surface area contributed by atoms with E-state index in [4.69, 9.17) is 4.74 Å². The van der Waals surface area contributed by atoms with Gasteiger partial charge < -0.3 is 20.1 Å². The van der Waals surface area contributed by atoms with Gasteiger partial charge in [-0.1, -0.05) is 6.42 Å². The number of likely N-dealkylation sites (tertiary alicyclic amines) is 1. The van der Waals surface area contributed by atoms with Crippen LogP contribution in [0.5, 0.6) is 0 Å². The molecule has 2 rings (SSSR count). The molecule has 4 heteroatoms. The second-order valence-corrected chi connectivity index (χ2v) is 6.54. The molecule has 0 aromatic heterocycles. The van der Waals surface area contributed by atoms with Crippen molar-refractivity contribution in [2.24, 2.45) is 11.8 Å². The van der Waals surface area contributed by atoms with Gasteiger partial charge in [0.15, 0.2) is 0 Å². The van der Waals surface area contributed by atoms with Crippen LogP contribution >= 0.6 is 0 Å². The summed E-state index contributed by atoms with van der Waals surface area (Å²) in [6, 6.07) is 1.25. The van der Waals surface area contributed by atoms with Crippen LogP contribution in [0.3, 0.4) is 0 Å². The van der Waals surface area contributed by atoms with Crippen LogP contribution in [0.25, 0.3) is 0 Å². The highest BCUT2D eigenvalue weighted by Crippen LogP contribution is 2.35. The molecule has 1 aliphatic carbocycles. The standard InChI is InChI=1S/C15H30N2O2/c1-11(2)17-8-12-5-4-6-13(9-17)15(12)16-7-14(18)10-19-3/h11-16,18H,4-10H2,1-3H3. The molecular weight excluding hydrogens is 240 g/mol. The number of nitrogens with zero attached hydrogens (tertiary/aromatic N) is 1. The Morgan fingerprint density at radius 3 is 2.42 bits per heavy atom. The van der Waals surface area contributed by atoms with Gasteiger partial charge >= 0.3 is 0 Å². The van der Waals surface area contributed by atoms with Crippen molar-refractivity contribution in [2.45, 2.75) is 51.3 Å². The lowest BCUT2D eigenvalue weighted by molar-refractivity contribution is 0.0157. The largest absolute Gasteiger partial charge is 0.389 e. The second-order valence-electron chi connectivity index (χ2n) is 6.54. The molecule has 2 bridgehead atoms. The van der Waals surface area contributed by atoms with Crippen LogP contribution in [0.15, 0.2) is 0 Å². The van der Waals surface area contributed by atoms with Crippen molar-refractivity contribution >= 4 is 0 Å². The molecule has 1 saturated heterocycles. The van der Waals surface area contributed by atoms with Crippen molar-refractivity contribution in [1.82, 2.24) is 10.2 Å². The Morgan fingerprint density at radius 1 is 1.26 bits per heavy atom. The zero-order chi connectivity index (χ0) is 13.8. The molecule has 1 heterocycles. The normalized spacial score (nSPS) is 33.6. The molecule has 2 N–H and O–H groups in total. The smallest absolute Gasteiger partial charge is 0.0897 e. The maximum absolute atomic E-state index is 9.79. The van der Waals surface area contributed by atoms with Crippen LogP contribution < -0.4 is 5.32 Å². The van der Waals surface area contributed by atoms with E-state index in [1.165, 1.54) is 32.4 Å². The van der Waals surface area contributed by atoms with E-state index < -0.39 is 0 Å². The van der Waals surface area contributed by atoms with E-state index in [1.54, 1.807) is 7.11 Å². The first-order valence-corrected chi connectivity index (χ1v) is 7.76. The quantitative estimate of drug-likeness (QED) is 0.758. The van der Waals surface area contributed by atoms with Crippen LogP contribution in [0.2, 0.25) is 0 Å². The lowest BCUT2D eigenvalue weighted by Gasteiger charge is -2.49. The molecule has 0 amide bonds. The Balaban J connectivity index is 1.87. The summed E-state index contributed by atoms with van der Waals surface area (Å²) in [6.45, 7) is 8.11. The summed E-state index contributed by atoms with van der Waals surface area (Å²) in [6.07, 6.45) is 3.66. The maximum Gasteiger partial charge on any atom is 0.0897 e. The van der Waals surface area contributed by atoms with E-state index in [9.17, 15) is 5.11 Å². The zero-order valence-electron chi connectivity index (χ0n) is 12.6. The van der Waals surface area contributed by atoms with Gasteiger partial charge in [0, 0.05) is 38.8 Å². The number of ether oxygens (including phenoxy) is 1. The highest BCUT2D eigenvalue weighted by molar-refractivity contribution is 4.95. The van der Waals surface area contributed by atoms with Crippen molar-refractivity contribution in [3.05, 3.63) is 0 Å². The summed E-state index contributed by atoms with van der Waals surface area (Å²) in [4.78, 5) is 2.62. The number of hydrogen-bond donors (Lipinski definition) is 2. The van der Waals surface area contributed by atoms with Gasteiger partial charge in [0.05, 0.1) is 12.7 Å². The molecule has 1 saturated carbocycles. The van der Waals surface area contributed by atoms with Crippen LogP contribution in [0, 0.1) is 11.8 Å². The number of aliphatic hydroxyl groups excluding tert-OH is 1. The summed E-state index contributed by atoms with van der Waals surface area (Å²) < 4.78 is 4.99. The minimum atomic E-state index is -0.381. The molecular formula is C15H30N2O2. The average molecular weight is 270 g/mol. The molecule has 19 heavy (non-hydrogen) atoms. The van der Waals surface area contributed by atoms with Gasteiger partial charge in [0.25, 0.3) is 0 Å². The van der Waals surface area contributed by atoms with E-state index >= 15 is 0 Å². The Hall–Kier alpha value is -0.160. The Labute approximate surface area is 117 Å². The SMILES string of the molecule is COCC(O)CNC1C2CCCC1CN(C(C)C)C2. The Kier molecular flexibility index (Phi) is 5.63. The Morgan fingerprint density at radius 2 is 1.89 bits per heavy atom. The fourth-order valence-corrected chi connectivity index (χ4v) is 3.75. The first-order valence-electron chi connectivity index (χ1n) is 7.76.